The molecule has 104 valence electrons. The Morgan fingerprint density at radius 3 is 2.60 bits per heavy atom. The van der Waals surface area contributed by atoms with Crippen molar-refractivity contribution in [3.05, 3.63) is 52.8 Å². The molecule has 0 aliphatic heterocycles. The first-order chi connectivity index (χ1) is 9.52. The Labute approximate surface area is 124 Å². The highest BCUT2D eigenvalue weighted by molar-refractivity contribution is 6.34. The molecule has 3 heteroatoms. The van der Waals surface area contributed by atoms with E-state index in [0.717, 1.165) is 17.5 Å². The van der Waals surface area contributed by atoms with E-state index < -0.39 is 0 Å². The molecule has 1 aromatic heterocycles. The van der Waals surface area contributed by atoms with Crippen LogP contribution in [-0.2, 0) is 6.42 Å². The van der Waals surface area contributed by atoms with Crippen LogP contribution < -0.4 is 0 Å². The summed E-state index contributed by atoms with van der Waals surface area (Å²) in [5, 5.41) is 0.420. The molecule has 1 aromatic carbocycles. The summed E-state index contributed by atoms with van der Waals surface area (Å²) in [5.74, 6) is -0.127. The van der Waals surface area contributed by atoms with Crippen LogP contribution in [0.4, 0.5) is 0 Å². The predicted molar refractivity (Wildman–Crippen MR) is 83.2 cm³/mol. The van der Waals surface area contributed by atoms with E-state index in [2.05, 4.69) is 24.0 Å². The molecule has 0 fully saturated rings. The van der Waals surface area contributed by atoms with Gasteiger partial charge in [-0.15, -0.1) is 0 Å². The van der Waals surface area contributed by atoms with Crippen LogP contribution in [-0.4, -0.2) is 10.8 Å². The van der Waals surface area contributed by atoms with Gasteiger partial charge < -0.3 is 0 Å². The Morgan fingerprint density at radius 2 is 2.00 bits per heavy atom. The molecule has 0 bridgehead atoms. The van der Waals surface area contributed by atoms with Crippen LogP contribution in [0.25, 0.3) is 11.1 Å². The number of aromatic nitrogens is 1. The lowest BCUT2D eigenvalue weighted by atomic mass is 10.0. The van der Waals surface area contributed by atoms with Gasteiger partial charge in [-0.3, -0.25) is 9.78 Å². The Balaban J connectivity index is 2.40. The minimum absolute atomic E-state index is 0.0242. The first-order valence-electron chi connectivity index (χ1n) is 6.82. The highest BCUT2D eigenvalue weighted by atomic mass is 35.5. The smallest absolute Gasteiger partial charge is 0.185 e. The van der Waals surface area contributed by atoms with Crippen molar-refractivity contribution in [1.29, 1.82) is 0 Å². The number of carbonyl (C=O) groups excluding carboxylic acids is 1. The Morgan fingerprint density at radius 1 is 1.25 bits per heavy atom. The number of rotatable bonds is 4. The van der Waals surface area contributed by atoms with Crippen molar-refractivity contribution < 1.29 is 4.79 Å². The largest absolute Gasteiger partial charge is 0.292 e. The molecule has 0 aliphatic carbocycles. The van der Waals surface area contributed by atoms with Crippen molar-refractivity contribution in [2.45, 2.75) is 27.2 Å². The summed E-state index contributed by atoms with van der Waals surface area (Å²) in [5.41, 5.74) is 3.63. The second kappa shape index (κ2) is 6.19. The molecule has 0 amide bonds. The van der Waals surface area contributed by atoms with Gasteiger partial charge in [0, 0.05) is 17.7 Å². The quantitative estimate of drug-likeness (QED) is 0.756. The highest BCUT2D eigenvalue weighted by Crippen LogP contribution is 2.26. The van der Waals surface area contributed by atoms with Crippen molar-refractivity contribution in [2.75, 3.05) is 0 Å². The lowest BCUT2D eigenvalue weighted by Gasteiger charge is -2.08. The Hall–Kier alpha value is -1.67. The summed E-state index contributed by atoms with van der Waals surface area (Å²) < 4.78 is 0. The molecule has 20 heavy (non-hydrogen) atoms. The van der Waals surface area contributed by atoms with Gasteiger partial charge in [0.1, 0.15) is 5.69 Å². The lowest BCUT2D eigenvalue weighted by molar-refractivity contribution is 0.0934. The van der Waals surface area contributed by atoms with E-state index >= 15 is 0 Å². The van der Waals surface area contributed by atoms with Gasteiger partial charge in [0.15, 0.2) is 5.78 Å². The fourth-order valence-electron chi connectivity index (χ4n) is 2.02. The molecular formula is C17H18ClNO. The number of aryl methyl sites for hydroxylation is 1. The van der Waals surface area contributed by atoms with E-state index in [1.807, 2.05) is 32.0 Å². The number of hydrogen-bond donors (Lipinski definition) is 0. The number of pyridine rings is 1. The zero-order chi connectivity index (χ0) is 14.7. The van der Waals surface area contributed by atoms with Crippen LogP contribution in [0.15, 0.2) is 36.5 Å². The zero-order valence-electron chi connectivity index (χ0n) is 12.0. The molecular weight excluding hydrogens is 270 g/mol. The summed E-state index contributed by atoms with van der Waals surface area (Å²) >= 11 is 6.21. The highest BCUT2D eigenvalue weighted by Gasteiger charge is 2.16. The average molecular weight is 288 g/mol. The molecule has 0 radical (unpaired) electrons. The third kappa shape index (κ3) is 3.07. The van der Waals surface area contributed by atoms with Crippen molar-refractivity contribution in [2.24, 2.45) is 5.92 Å². The summed E-state index contributed by atoms with van der Waals surface area (Å²) in [6.07, 6.45) is 2.70. The van der Waals surface area contributed by atoms with E-state index in [9.17, 15) is 4.79 Å². The minimum Gasteiger partial charge on any atom is -0.292 e. The third-order valence-corrected chi connectivity index (χ3v) is 3.56. The number of Topliss-reactive ketones (excluding diaryl/α,β-unsaturated/α-hetero) is 1. The zero-order valence-corrected chi connectivity index (χ0v) is 12.7. The van der Waals surface area contributed by atoms with Crippen LogP contribution in [0, 0.1) is 5.92 Å². The maximum absolute atomic E-state index is 12.0. The average Bonchev–Trinajstić information content (AvgIpc) is 2.46. The second-order valence-electron chi connectivity index (χ2n) is 5.13. The monoisotopic (exact) mass is 287 g/mol. The number of hydrogen-bond acceptors (Lipinski definition) is 2. The summed E-state index contributed by atoms with van der Waals surface area (Å²) in [7, 11) is 0. The molecule has 0 saturated heterocycles. The topological polar surface area (TPSA) is 30.0 Å². The normalized spacial score (nSPS) is 10.8. The maximum atomic E-state index is 12.0. The van der Waals surface area contributed by atoms with Crippen LogP contribution in [0.5, 0.6) is 0 Å². The molecule has 0 saturated carbocycles. The van der Waals surface area contributed by atoms with E-state index in [1.165, 1.54) is 5.56 Å². The number of carbonyl (C=O) groups is 1. The molecule has 0 unspecified atom stereocenters. The SMILES string of the molecule is CCc1cccc(-c2cnc(C(=O)C(C)C)c(Cl)c2)c1. The van der Waals surface area contributed by atoms with Gasteiger partial charge in [-0.25, -0.2) is 0 Å². The molecule has 2 rings (SSSR count). The minimum atomic E-state index is -0.103. The van der Waals surface area contributed by atoms with E-state index in [-0.39, 0.29) is 11.7 Å². The van der Waals surface area contributed by atoms with E-state index in [4.69, 9.17) is 11.6 Å². The number of ketones is 1. The van der Waals surface area contributed by atoms with Crippen LogP contribution in [0.1, 0.15) is 36.8 Å². The molecule has 0 N–H and O–H groups in total. The standard InChI is InChI=1S/C17H18ClNO/c1-4-12-6-5-7-13(8-12)14-9-15(18)16(19-10-14)17(20)11(2)3/h5-11H,4H2,1-3H3. The van der Waals surface area contributed by atoms with Crippen LogP contribution in [0.3, 0.4) is 0 Å². The fraction of sp³-hybridized carbons (Fsp3) is 0.294. The Bertz CT molecular complexity index is 635. The van der Waals surface area contributed by atoms with Gasteiger partial charge in [0.25, 0.3) is 0 Å². The number of benzene rings is 1. The van der Waals surface area contributed by atoms with Crippen molar-refractivity contribution in [1.82, 2.24) is 4.98 Å². The molecule has 2 nitrogen and oxygen atoms in total. The van der Waals surface area contributed by atoms with E-state index in [1.54, 1.807) is 6.20 Å². The van der Waals surface area contributed by atoms with Crippen LogP contribution in [0.2, 0.25) is 5.02 Å². The summed E-state index contributed by atoms with van der Waals surface area (Å²) in [4.78, 5) is 16.2. The van der Waals surface area contributed by atoms with Gasteiger partial charge in [-0.2, -0.15) is 0 Å². The van der Waals surface area contributed by atoms with Gasteiger partial charge in [0.2, 0.25) is 0 Å². The number of nitrogens with zero attached hydrogens (tertiary/aromatic N) is 1. The van der Waals surface area contributed by atoms with Crippen LogP contribution >= 0.6 is 11.6 Å². The molecule has 0 atom stereocenters. The molecule has 1 heterocycles. The lowest BCUT2D eigenvalue weighted by Crippen LogP contribution is -2.10. The van der Waals surface area contributed by atoms with Crippen molar-refractivity contribution in [3.63, 3.8) is 0 Å². The first kappa shape index (κ1) is 14.7. The Kier molecular flexibility index (Phi) is 4.56. The third-order valence-electron chi connectivity index (χ3n) is 3.27. The first-order valence-corrected chi connectivity index (χ1v) is 7.19. The van der Waals surface area contributed by atoms with E-state index in [0.29, 0.717) is 10.7 Å². The second-order valence-corrected chi connectivity index (χ2v) is 5.53. The van der Waals surface area contributed by atoms with Gasteiger partial charge in [-0.1, -0.05) is 56.6 Å². The summed E-state index contributed by atoms with van der Waals surface area (Å²) in [6, 6.07) is 10.1. The van der Waals surface area contributed by atoms with Gasteiger partial charge >= 0.3 is 0 Å². The number of halogens is 1. The molecule has 0 spiro atoms. The molecule has 2 aromatic rings. The van der Waals surface area contributed by atoms with Gasteiger partial charge in [0.05, 0.1) is 5.02 Å². The van der Waals surface area contributed by atoms with Crippen molar-refractivity contribution in [3.8, 4) is 11.1 Å². The molecule has 0 aliphatic rings. The predicted octanol–water partition coefficient (Wildman–Crippen LogP) is 4.80. The fourth-order valence-corrected chi connectivity index (χ4v) is 2.28. The maximum Gasteiger partial charge on any atom is 0.185 e. The van der Waals surface area contributed by atoms with Crippen molar-refractivity contribution >= 4 is 17.4 Å². The van der Waals surface area contributed by atoms with Gasteiger partial charge in [-0.05, 0) is 23.6 Å². The summed E-state index contributed by atoms with van der Waals surface area (Å²) in [6.45, 7) is 5.81.